The van der Waals surface area contributed by atoms with Gasteiger partial charge in [-0.3, -0.25) is 14.4 Å². The number of hydrogen-bond acceptors (Lipinski definition) is 6. The summed E-state index contributed by atoms with van der Waals surface area (Å²) < 4.78 is 15.8. The van der Waals surface area contributed by atoms with Gasteiger partial charge in [-0.1, -0.05) is 51.7 Å². The molecule has 0 saturated carbocycles. The number of esters is 1. The van der Waals surface area contributed by atoms with E-state index in [0.29, 0.717) is 45.8 Å². The van der Waals surface area contributed by atoms with E-state index in [0.717, 1.165) is 83.7 Å². The molecule has 7 heteroatoms. The molecule has 0 aromatic rings. The van der Waals surface area contributed by atoms with Crippen molar-refractivity contribution in [2.45, 2.75) is 104 Å². The lowest BCUT2D eigenvalue weighted by molar-refractivity contribution is -0.145. The van der Waals surface area contributed by atoms with E-state index >= 15 is 0 Å². The third-order valence-corrected chi connectivity index (χ3v) is 5.22. The Morgan fingerprint density at radius 3 is 1.97 bits per heavy atom. The Balaban J connectivity index is 3.37. The Labute approximate surface area is 207 Å². The highest BCUT2D eigenvalue weighted by Crippen LogP contribution is 2.07. The van der Waals surface area contributed by atoms with E-state index in [-0.39, 0.29) is 11.8 Å². The van der Waals surface area contributed by atoms with Crippen LogP contribution in [0.2, 0.25) is 0 Å². The third kappa shape index (κ3) is 23.4. The zero-order chi connectivity index (χ0) is 25.1. The van der Waals surface area contributed by atoms with E-state index in [9.17, 15) is 14.4 Å². The van der Waals surface area contributed by atoms with E-state index in [2.05, 4.69) is 31.3 Å². The van der Waals surface area contributed by atoms with Crippen LogP contribution in [-0.2, 0) is 28.6 Å². The van der Waals surface area contributed by atoms with Crippen LogP contribution in [0.5, 0.6) is 0 Å². The number of ether oxygens (including phenoxy) is 3. The summed E-state index contributed by atoms with van der Waals surface area (Å²) in [4.78, 5) is 35.0. The molecule has 7 nitrogen and oxygen atoms in total. The summed E-state index contributed by atoms with van der Waals surface area (Å²) in [7, 11) is 0. The number of rotatable bonds is 25. The average Bonchev–Trinajstić information content (AvgIpc) is 2.83. The van der Waals surface area contributed by atoms with Gasteiger partial charge < -0.3 is 19.5 Å². The van der Waals surface area contributed by atoms with Gasteiger partial charge in [0.25, 0.3) is 5.91 Å². The van der Waals surface area contributed by atoms with Crippen molar-refractivity contribution < 1.29 is 28.6 Å². The van der Waals surface area contributed by atoms with Crippen LogP contribution in [0.15, 0.2) is 12.2 Å². The van der Waals surface area contributed by atoms with E-state index in [1.54, 1.807) is 0 Å². The van der Waals surface area contributed by atoms with Crippen molar-refractivity contribution in [1.29, 1.82) is 0 Å². The summed E-state index contributed by atoms with van der Waals surface area (Å²) in [5.41, 5.74) is 0. The topological polar surface area (TPSA) is 90.9 Å². The molecule has 0 heterocycles. The third-order valence-electron chi connectivity index (χ3n) is 5.22. The summed E-state index contributed by atoms with van der Waals surface area (Å²) in [5.74, 6) is -0.875. The lowest BCUT2D eigenvalue weighted by Gasteiger charge is -2.06. The molecule has 198 valence electrons. The first-order chi connectivity index (χ1) is 16.6. The monoisotopic (exact) mass is 483 g/mol. The van der Waals surface area contributed by atoms with Crippen molar-refractivity contribution in [2.75, 3.05) is 39.6 Å². The van der Waals surface area contributed by atoms with Gasteiger partial charge in [-0.25, -0.2) is 0 Å². The molecule has 0 aromatic heterocycles. The predicted octanol–water partition coefficient (Wildman–Crippen LogP) is 5.31. The van der Waals surface area contributed by atoms with Crippen LogP contribution in [0.25, 0.3) is 0 Å². The van der Waals surface area contributed by atoms with Crippen LogP contribution in [-0.4, -0.2) is 57.2 Å². The van der Waals surface area contributed by atoms with E-state index in [1.807, 2.05) is 0 Å². The van der Waals surface area contributed by atoms with Gasteiger partial charge in [-0.05, 0) is 51.4 Å². The number of allylic oxidation sites excluding steroid dienone is 2. The molecule has 0 aliphatic heterocycles. The number of ketones is 1. The molecule has 0 radical (unpaired) electrons. The molecule has 0 unspecified atom stereocenters. The lowest BCUT2D eigenvalue weighted by atomic mass is 10.1. The van der Waals surface area contributed by atoms with E-state index in [1.165, 1.54) is 0 Å². The Bertz CT molecular complexity index is 535. The first kappa shape index (κ1) is 32.3. The van der Waals surface area contributed by atoms with E-state index in [4.69, 9.17) is 14.2 Å². The number of hydrogen-bond donors (Lipinski definition) is 1. The van der Waals surface area contributed by atoms with Crippen LogP contribution >= 0.6 is 0 Å². The predicted molar refractivity (Wildman–Crippen MR) is 136 cm³/mol. The van der Waals surface area contributed by atoms with Crippen molar-refractivity contribution in [3.63, 3.8) is 0 Å². The quantitative estimate of drug-likeness (QED) is 0.0819. The minimum Gasteiger partial charge on any atom is -0.463 e. The van der Waals surface area contributed by atoms with E-state index < -0.39 is 5.91 Å². The second-order valence-corrected chi connectivity index (χ2v) is 8.50. The van der Waals surface area contributed by atoms with Gasteiger partial charge in [0.05, 0.1) is 19.8 Å². The molecular weight excluding hydrogens is 434 g/mol. The summed E-state index contributed by atoms with van der Waals surface area (Å²) >= 11 is 0. The molecule has 0 atom stereocenters. The number of Topliss-reactive ketones (excluding diaryl/α,β-unsaturated/α-hetero) is 1. The van der Waals surface area contributed by atoms with Crippen molar-refractivity contribution in [3.8, 4) is 0 Å². The zero-order valence-corrected chi connectivity index (χ0v) is 21.7. The maximum Gasteiger partial charge on any atom is 0.305 e. The van der Waals surface area contributed by atoms with Crippen LogP contribution in [0.3, 0.4) is 0 Å². The molecule has 0 bridgehead atoms. The van der Waals surface area contributed by atoms with Gasteiger partial charge in [0.15, 0.2) is 0 Å². The molecule has 0 aliphatic carbocycles. The Morgan fingerprint density at radius 1 is 0.647 bits per heavy atom. The zero-order valence-electron chi connectivity index (χ0n) is 21.7. The summed E-state index contributed by atoms with van der Waals surface area (Å²) in [6.45, 7) is 7.30. The molecule has 0 spiro atoms. The fourth-order valence-electron chi connectivity index (χ4n) is 3.21. The highest BCUT2D eigenvalue weighted by molar-refractivity contribution is 6.36. The number of carbonyl (C=O) groups excluding carboxylic acids is 3. The molecule has 0 aromatic carbocycles. The fraction of sp³-hybridized carbons (Fsp3) is 0.815. The van der Waals surface area contributed by atoms with Crippen LogP contribution in [0.1, 0.15) is 104 Å². The van der Waals surface area contributed by atoms with Gasteiger partial charge >= 0.3 is 5.97 Å². The van der Waals surface area contributed by atoms with Gasteiger partial charge in [-0.15, -0.1) is 0 Å². The molecule has 0 fully saturated rings. The first-order valence-electron chi connectivity index (χ1n) is 13.4. The SMILES string of the molecule is CCCCCC(=O)C(=O)NCCCC/C=C\CCCCCCC(=O)OCCOCCOCCC. The summed E-state index contributed by atoms with van der Waals surface area (Å²) in [6, 6.07) is 0. The smallest absolute Gasteiger partial charge is 0.305 e. The maximum atomic E-state index is 11.7. The lowest BCUT2D eigenvalue weighted by Crippen LogP contribution is -2.31. The minimum atomic E-state index is -0.433. The van der Waals surface area contributed by atoms with Crippen molar-refractivity contribution in [2.24, 2.45) is 0 Å². The first-order valence-corrected chi connectivity index (χ1v) is 13.4. The van der Waals surface area contributed by atoms with Crippen LogP contribution in [0.4, 0.5) is 0 Å². The molecule has 0 aliphatic rings. The standard InChI is InChI=1S/C27H49NO6/c1-3-5-14-17-25(29)27(31)28-19-16-13-11-9-7-6-8-10-12-15-18-26(30)34-24-23-33-22-21-32-20-4-2/h7,9H,3-6,8,10-24H2,1-2H3,(H,28,31)/b9-7-. The van der Waals surface area contributed by atoms with Gasteiger partial charge in [0.1, 0.15) is 6.61 Å². The molecule has 34 heavy (non-hydrogen) atoms. The highest BCUT2D eigenvalue weighted by Gasteiger charge is 2.11. The van der Waals surface area contributed by atoms with Crippen molar-refractivity contribution >= 4 is 17.7 Å². The summed E-state index contributed by atoms with van der Waals surface area (Å²) in [5, 5.41) is 2.72. The maximum absolute atomic E-state index is 11.7. The van der Waals surface area contributed by atoms with Gasteiger partial charge in [-0.2, -0.15) is 0 Å². The second kappa shape index (κ2) is 25.9. The van der Waals surface area contributed by atoms with Crippen LogP contribution < -0.4 is 5.32 Å². The Morgan fingerprint density at radius 2 is 1.26 bits per heavy atom. The summed E-state index contributed by atoms with van der Waals surface area (Å²) in [6.07, 6.45) is 17.1. The average molecular weight is 484 g/mol. The number of unbranched alkanes of at least 4 members (excludes halogenated alkanes) is 8. The Kier molecular flexibility index (Phi) is 24.6. The number of nitrogens with one attached hydrogen (secondary N) is 1. The van der Waals surface area contributed by atoms with Gasteiger partial charge in [0, 0.05) is 26.0 Å². The van der Waals surface area contributed by atoms with Crippen molar-refractivity contribution in [3.05, 3.63) is 12.2 Å². The van der Waals surface area contributed by atoms with Gasteiger partial charge in [0.2, 0.25) is 5.78 Å². The normalized spacial score (nSPS) is 11.1. The fourth-order valence-corrected chi connectivity index (χ4v) is 3.21. The Hall–Kier alpha value is -1.73. The molecule has 0 rings (SSSR count). The largest absolute Gasteiger partial charge is 0.463 e. The molecule has 0 saturated heterocycles. The number of carbonyl (C=O) groups is 3. The number of amides is 1. The molecule has 1 N–H and O–H groups in total. The minimum absolute atomic E-state index is 0.150. The van der Waals surface area contributed by atoms with Crippen LogP contribution in [0, 0.1) is 0 Å². The molecule has 1 amide bonds. The highest BCUT2D eigenvalue weighted by atomic mass is 16.6. The molecular formula is C27H49NO6. The second-order valence-electron chi connectivity index (χ2n) is 8.50. The van der Waals surface area contributed by atoms with Crippen molar-refractivity contribution in [1.82, 2.24) is 5.32 Å².